The average Bonchev–Trinajstić information content (AvgIpc) is 3.24. The lowest BCUT2D eigenvalue weighted by Gasteiger charge is -2.47. The predicted octanol–water partition coefficient (Wildman–Crippen LogP) is 3.13. The summed E-state index contributed by atoms with van der Waals surface area (Å²) in [6.45, 7) is 11.0. The van der Waals surface area contributed by atoms with Crippen LogP contribution in [0, 0.1) is 5.92 Å². The third-order valence-corrected chi connectivity index (χ3v) is 7.04. The van der Waals surface area contributed by atoms with Gasteiger partial charge in [0.05, 0.1) is 26.4 Å². The summed E-state index contributed by atoms with van der Waals surface area (Å²) in [5.74, 6) is 1.72. The fourth-order valence-corrected chi connectivity index (χ4v) is 5.35. The Morgan fingerprint density at radius 2 is 1.79 bits per heavy atom. The molecule has 1 N–H and O–H groups in total. The highest BCUT2D eigenvalue weighted by Gasteiger charge is 2.38. The zero-order valence-corrected chi connectivity index (χ0v) is 19.0. The van der Waals surface area contributed by atoms with Crippen LogP contribution in [0.4, 0.5) is 0 Å². The summed E-state index contributed by atoms with van der Waals surface area (Å²) in [6.07, 6.45) is 12.1. The first-order chi connectivity index (χ1) is 14.3. The van der Waals surface area contributed by atoms with Crippen LogP contribution in [0.2, 0.25) is 0 Å². The third kappa shape index (κ3) is 6.56. The van der Waals surface area contributed by atoms with Crippen molar-refractivity contribution in [2.75, 3.05) is 66.2 Å². The molecule has 3 aliphatic rings. The molecule has 1 saturated carbocycles. The molecule has 2 heterocycles. The molecule has 1 atom stereocenters. The molecular formula is C23H44N4O2. The zero-order valence-electron chi connectivity index (χ0n) is 19.0. The van der Waals surface area contributed by atoms with Crippen LogP contribution in [0.15, 0.2) is 4.99 Å². The highest BCUT2D eigenvalue weighted by molar-refractivity contribution is 5.80. The molecule has 6 heteroatoms. The molecule has 0 bridgehead atoms. The minimum absolute atomic E-state index is 0.307. The first-order valence-electron chi connectivity index (χ1n) is 12.1. The van der Waals surface area contributed by atoms with Crippen molar-refractivity contribution in [3.8, 4) is 0 Å². The van der Waals surface area contributed by atoms with Crippen molar-refractivity contribution in [3.63, 3.8) is 0 Å². The van der Waals surface area contributed by atoms with E-state index >= 15 is 0 Å². The van der Waals surface area contributed by atoms with Crippen LogP contribution in [0.25, 0.3) is 0 Å². The van der Waals surface area contributed by atoms with Crippen LogP contribution in [0.3, 0.4) is 0 Å². The maximum Gasteiger partial charge on any atom is 0.193 e. The molecule has 0 aromatic rings. The molecule has 0 amide bonds. The summed E-state index contributed by atoms with van der Waals surface area (Å²) < 4.78 is 10.9. The van der Waals surface area contributed by atoms with E-state index < -0.39 is 0 Å². The summed E-state index contributed by atoms with van der Waals surface area (Å²) in [7, 11) is 1.72. The van der Waals surface area contributed by atoms with Crippen molar-refractivity contribution in [2.24, 2.45) is 10.9 Å². The Labute approximate surface area is 178 Å². The van der Waals surface area contributed by atoms with Crippen molar-refractivity contribution >= 4 is 5.96 Å². The molecule has 29 heavy (non-hydrogen) atoms. The fraction of sp³-hybridized carbons (Fsp3) is 0.957. The SMILES string of the molecule is CCNC(=NCC1(N2CCCCC2)CCCCC1)N1CCC(COCCOC)C1. The van der Waals surface area contributed by atoms with E-state index in [1.807, 2.05) is 0 Å². The van der Waals surface area contributed by atoms with Crippen LogP contribution in [-0.4, -0.2) is 87.5 Å². The van der Waals surface area contributed by atoms with Gasteiger partial charge in [-0.2, -0.15) is 0 Å². The summed E-state index contributed by atoms with van der Waals surface area (Å²) in [6, 6.07) is 0. The Morgan fingerprint density at radius 1 is 1.03 bits per heavy atom. The minimum Gasteiger partial charge on any atom is -0.382 e. The number of guanidine groups is 1. The molecule has 1 unspecified atom stereocenters. The van der Waals surface area contributed by atoms with Gasteiger partial charge in [0.15, 0.2) is 5.96 Å². The van der Waals surface area contributed by atoms with E-state index in [9.17, 15) is 0 Å². The topological polar surface area (TPSA) is 49.3 Å². The van der Waals surface area contributed by atoms with Gasteiger partial charge in [-0.1, -0.05) is 25.7 Å². The number of hydrogen-bond acceptors (Lipinski definition) is 4. The van der Waals surface area contributed by atoms with Crippen molar-refractivity contribution in [2.45, 2.75) is 70.3 Å². The maximum absolute atomic E-state index is 5.78. The van der Waals surface area contributed by atoms with Crippen LogP contribution in [0.5, 0.6) is 0 Å². The lowest BCUT2D eigenvalue weighted by molar-refractivity contribution is 0.0405. The van der Waals surface area contributed by atoms with Gasteiger partial charge in [-0.15, -0.1) is 0 Å². The van der Waals surface area contributed by atoms with E-state index in [1.165, 1.54) is 70.9 Å². The normalized spacial score (nSPS) is 26.1. The second-order valence-electron chi connectivity index (χ2n) is 9.17. The summed E-state index contributed by atoms with van der Waals surface area (Å²) in [5.41, 5.74) is 0.307. The molecular weight excluding hydrogens is 364 g/mol. The van der Waals surface area contributed by atoms with Gasteiger partial charge >= 0.3 is 0 Å². The molecule has 2 aliphatic heterocycles. The standard InChI is InChI=1S/C23H44N4O2/c1-3-24-22(26-15-10-21(18-26)19-29-17-16-28-2)25-20-23(11-6-4-7-12-23)27-13-8-5-9-14-27/h21H,3-20H2,1-2H3,(H,24,25). The smallest absolute Gasteiger partial charge is 0.193 e. The van der Waals surface area contributed by atoms with Gasteiger partial charge in [0.2, 0.25) is 0 Å². The Bertz CT molecular complexity index is 487. The van der Waals surface area contributed by atoms with E-state index in [0.29, 0.717) is 24.7 Å². The number of piperidine rings is 1. The molecule has 0 spiro atoms. The first kappa shape index (κ1) is 22.8. The van der Waals surface area contributed by atoms with Crippen molar-refractivity contribution in [1.29, 1.82) is 0 Å². The molecule has 0 aromatic heterocycles. The van der Waals surface area contributed by atoms with Crippen LogP contribution in [0.1, 0.15) is 64.7 Å². The number of nitrogens with one attached hydrogen (secondary N) is 1. The van der Waals surface area contributed by atoms with Gasteiger partial charge < -0.3 is 19.7 Å². The van der Waals surface area contributed by atoms with Gasteiger partial charge in [-0.05, 0) is 52.1 Å². The predicted molar refractivity (Wildman–Crippen MR) is 120 cm³/mol. The maximum atomic E-state index is 5.78. The largest absolute Gasteiger partial charge is 0.382 e. The molecule has 1 aliphatic carbocycles. The summed E-state index contributed by atoms with van der Waals surface area (Å²) in [4.78, 5) is 10.5. The summed E-state index contributed by atoms with van der Waals surface area (Å²) in [5, 5.41) is 3.58. The number of methoxy groups -OCH3 is 1. The highest BCUT2D eigenvalue weighted by Crippen LogP contribution is 2.36. The fourth-order valence-electron chi connectivity index (χ4n) is 5.35. The Kier molecular flexibility index (Phi) is 9.53. The van der Waals surface area contributed by atoms with E-state index in [4.69, 9.17) is 14.5 Å². The monoisotopic (exact) mass is 408 g/mol. The molecule has 6 nitrogen and oxygen atoms in total. The van der Waals surface area contributed by atoms with Crippen LogP contribution in [-0.2, 0) is 9.47 Å². The zero-order chi connectivity index (χ0) is 20.4. The van der Waals surface area contributed by atoms with E-state index in [1.54, 1.807) is 7.11 Å². The molecule has 0 aromatic carbocycles. The van der Waals surface area contributed by atoms with Gasteiger partial charge in [-0.25, -0.2) is 0 Å². The second-order valence-corrected chi connectivity index (χ2v) is 9.17. The molecule has 0 radical (unpaired) electrons. The Hall–Kier alpha value is -0.850. The number of ether oxygens (including phenoxy) is 2. The van der Waals surface area contributed by atoms with Crippen molar-refractivity contribution in [1.82, 2.24) is 15.1 Å². The summed E-state index contributed by atoms with van der Waals surface area (Å²) >= 11 is 0. The average molecular weight is 409 g/mol. The lowest BCUT2D eigenvalue weighted by atomic mass is 9.79. The van der Waals surface area contributed by atoms with Crippen LogP contribution >= 0.6 is 0 Å². The second kappa shape index (κ2) is 12.1. The Morgan fingerprint density at radius 3 is 2.52 bits per heavy atom. The number of rotatable bonds is 9. The molecule has 3 rings (SSSR count). The van der Waals surface area contributed by atoms with E-state index in [0.717, 1.165) is 38.7 Å². The molecule has 168 valence electrons. The van der Waals surface area contributed by atoms with Gasteiger partial charge in [0.1, 0.15) is 0 Å². The van der Waals surface area contributed by atoms with Gasteiger partial charge in [0, 0.05) is 38.2 Å². The minimum atomic E-state index is 0.307. The highest BCUT2D eigenvalue weighted by atomic mass is 16.5. The quantitative estimate of drug-likeness (QED) is 0.361. The van der Waals surface area contributed by atoms with Crippen molar-refractivity contribution < 1.29 is 9.47 Å². The van der Waals surface area contributed by atoms with E-state index in [-0.39, 0.29) is 0 Å². The molecule has 3 fully saturated rings. The number of likely N-dealkylation sites (tertiary alicyclic amines) is 2. The third-order valence-electron chi connectivity index (χ3n) is 7.04. The molecule has 2 saturated heterocycles. The number of aliphatic imine (C=N–C) groups is 1. The van der Waals surface area contributed by atoms with Crippen molar-refractivity contribution in [3.05, 3.63) is 0 Å². The van der Waals surface area contributed by atoms with Gasteiger partial charge in [0.25, 0.3) is 0 Å². The Balaban J connectivity index is 1.59. The first-order valence-corrected chi connectivity index (χ1v) is 12.1. The number of hydrogen-bond donors (Lipinski definition) is 1. The van der Waals surface area contributed by atoms with E-state index in [2.05, 4.69) is 22.0 Å². The number of nitrogens with zero attached hydrogens (tertiary/aromatic N) is 3. The lowest BCUT2D eigenvalue weighted by Crippen LogP contribution is -2.54. The van der Waals surface area contributed by atoms with Crippen LogP contribution < -0.4 is 5.32 Å². The van der Waals surface area contributed by atoms with Gasteiger partial charge in [-0.3, -0.25) is 9.89 Å².